The third kappa shape index (κ3) is 5.13. The van der Waals surface area contributed by atoms with Crippen molar-refractivity contribution in [2.24, 2.45) is 0 Å². The Bertz CT molecular complexity index is 539. The van der Waals surface area contributed by atoms with Crippen LogP contribution in [0.15, 0.2) is 18.2 Å². The first-order valence-corrected chi connectivity index (χ1v) is 9.20. The third-order valence-corrected chi connectivity index (χ3v) is 4.62. The van der Waals surface area contributed by atoms with E-state index in [1.165, 1.54) is 5.56 Å². The Morgan fingerprint density at radius 1 is 1.12 bits per heavy atom. The summed E-state index contributed by atoms with van der Waals surface area (Å²) in [5.74, 6) is 1.84. The number of benzene rings is 1. The van der Waals surface area contributed by atoms with Gasteiger partial charge in [-0.05, 0) is 62.9 Å². The molecule has 1 aromatic carbocycles. The summed E-state index contributed by atoms with van der Waals surface area (Å²) in [7, 11) is 0. The van der Waals surface area contributed by atoms with Gasteiger partial charge in [-0.25, -0.2) is 0 Å². The van der Waals surface area contributed by atoms with Crippen molar-refractivity contribution in [3.05, 3.63) is 23.8 Å². The van der Waals surface area contributed by atoms with Gasteiger partial charge < -0.3 is 20.1 Å². The molecule has 1 atom stereocenters. The van der Waals surface area contributed by atoms with E-state index in [9.17, 15) is 4.79 Å². The Labute approximate surface area is 144 Å². The second-order valence-electron chi connectivity index (χ2n) is 6.63. The Balaban J connectivity index is 1.42. The van der Waals surface area contributed by atoms with E-state index in [1.54, 1.807) is 0 Å². The van der Waals surface area contributed by atoms with Crippen LogP contribution in [0.25, 0.3) is 0 Å². The average Bonchev–Trinajstić information content (AvgIpc) is 2.97. The van der Waals surface area contributed by atoms with Gasteiger partial charge in [0.1, 0.15) is 0 Å². The highest BCUT2D eigenvalue weighted by molar-refractivity contribution is 5.76. The van der Waals surface area contributed by atoms with Crippen LogP contribution >= 0.6 is 0 Å². The number of carbonyl (C=O) groups excluding carboxylic acids is 1. The first kappa shape index (κ1) is 17.1. The molecule has 0 saturated carbocycles. The maximum atomic E-state index is 12.1. The zero-order chi connectivity index (χ0) is 16.6. The van der Waals surface area contributed by atoms with Crippen LogP contribution in [0.5, 0.6) is 11.5 Å². The van der Waals surface area contributed by atoms with Gasteiger partial charge in [-0.2, -0.15) is 0 Å². The number of nitrogens with one attached hydrogen (secondary N) is 2. The van der Waals surface area contributed by atoms with Crippen LogP contribution in [-0.2, 0) is 11.2 Å². The van der Waals surface area contributed by atoms with Crippen LogP contribution in [0.3, 0.4) is 0 Å². The first-order chi connectivity index (χ1) is 11.8. The molecule has 3 rings (SSSR count). The van der Waals surface area contributed by atoms with E-state index < -0.39 is 0 Å². The topological polar surface area (TPSA) is 59.6 Å². The van der Waals surface area contributed by atoms with Crippen LogP contribution in [0.1, 0.15) is 44.1 Å². The standard InChI is InChI=1S/C19H28N2O3/c22-19(21-16-5-2-10-20-11-9-16)6-1-4-15-7-8-17-18(14-15)24-13-3-12-23-17/h7-8,14,16,20H,1-6,9-13H2,(H,21,22). The second-order valence-corrected chi connectivity index (χ2v) is 6.63. The van der Waals surface area contributed by atoms with Gasteiger partial charge in [0.2, 0.25) is 5.91 Å². The zero-order valence-electron chi connectivity index (χ0n) is 14.3. The SMILES string of the molecule is O=C(CCCc1ccc2c(c1)OCCCO2)NC1CCCNCC1. The molecule has 2 heterocycles. The Morgan fingerprint density at radius 2 is 2.00 bits per heavy atom. The number of carbonyl (C=O) groups is 1. The predicted molar refractivity (Wildman–Crippen MR) is 93.6 cm³/mol. The highest BCUT2D eigenvalue weighted by atomic mass is 16.5. The van der Waals surface area contributed by atoms with Gasteiger partial charge in [-0.3, -0.25) is 4.79 Å². The number of fused-ring (bicyclic) bond motifs is 1. The smallest absolute Gasteiger partial charge is 0.220 e. The van der Waals surface area contributed by atoms with Crippen molar-refractivity contribution in [1.29, 1.82) is 0 Å². The molecule has 0 aliphatic carbocycles. The van der Waals surface area contributed by atoms with Crippen LogP contribution in [0.2, 0.25) is 0 Å². The van der Waals surface area contributed by atoms with Crippen molar-refractivity contribution in [2.45, 2.75) is 51.0 Å². The van der Waals surface area contributed by atoms with E-state index in [1.807, 2.05) is 6.07 Å². The van der Waals surface area contributed by atoms with Gasteiger partial charge in [0.05, 0.1) is 13.2 Å². The molecule has 2 aliphatic heterocycles. The normalized spacial score (nSPS) is 20.8. The number of aryl methyl sites for hydroxylation is 1. The van der Waals surface area contributed by atoms with E-state index in [0.717, 1.165) is 63.1 Å². The number of hydrogen-bond acceptors (Lipinski definition) is 4. The van der Waals surface area contributed by atoms with Gasteiger partial charge >= 0.3 is 0 Å². The van der Waals surface area contributed by atoms with Gasteiger partial charge in [0.15, 0.2) is 11.5 Å². The van der Waals surface area contributed by atoms with Crippen molar-refractivity contribution in [3.8, 4) is 11.5 Å². The molecule has 5 nitrogen and oxygen atoms in total. The minimum atomic E-state index is 0.177. The lowest BCUT2D eigenvalue weighted by atomic mass is 10.1. The summed E-state index contributed by atoms with van der Waals surface area (Å²) in [6.45, 7) is 3.48. The zero-order valence-corrected chi connectivity index (χ0v) is 14.3. The van der Waals surface area contributed by atoms with E-state index in [2.05, 4.69) is 22.8 Å². The van der Waals surface area contributed by atoms with Gasteiger partial charge in [0.25, 0.3) is 0 Å². The molecule has 1 unspecified atom stereocenters. The maximum absolute atomic E-state index is 12.1. The summed E-state index contributed by atoms with van der Waals surface area (Å²) in [5.41, 5.74) is 1.20. The van der Waals surface area contributed by atoms with E-state index in [0.29, 0.717) is 25.7 Å². The molecule has 1 saturated heterocycles. The van der Waals surface area contributed by atoms with Crippen LogP contribution in [0, 0.1) is 0 Å². The molecule has 2 N–H and O–H groups in total. The number of amides is 1. The summed E-state index contributed by atoms with van der Waals surface area (Å²) >= 11 is 0. The molecule has 1 aromatic rings. The lowest BCUT2D eigenvalue weighted by Crippen LogP contribution is -2.35. The van der Waals surface area contributed by atoms with Crippen molar-refractivity contribution in [1.82, 2.24) is 10.6 Å². The largest absolute Gasteiger partial charge is 0.490 e. The summed E-state index contributed by atoms with van der Waals surface area (Å²) in [5, 5.41) is 6.55. The highest BCUT2D eigenvalue weighted by Gasteiger charge is 2.14. The molecule has 24 heavy (non-hydrogen) atoms. The Hall–Kier alpha value is -1.75. The molecule has 0 aromatic heterocycles. The number of hydrogen-bond donors (Lipinski definition) is 2. The van der Waals surface area contributed by atoms with Crippen LogP contribution in [-0.4, -0.2) is 38.3 Å². The van der Waals surface area contributed by atoms with Gasteiger partial charge in [-0.15, -0.1) is 0 Å². The quantitative estimate of drug-likeness (QED) is 0.869. The van der Waals surface area contributed by atoms with E-state index in [-0.39, 0.29) is 5.91 Å². The minimum absolute atomic E-state index is 0.177. The average molecular weight is 332 g/mol. The Kier molecular flexibility index (Phi) is 6.35. The fourth-order valence-electron chi connectivity index (χ4n) is 3.28. The van der Waals surface area contributed by atoms with Crippen LogP contribution < -0.4 is 20.1 Å². The lowest BCUT2D eigenvalue weighted by Gasteiger charge is -2.16. The van der Waals surface area contributed by atoms with E-state index in [4.69, 9.17) is 9.47 Å². The Morgan fingerprint density at radius 3 is 2.92 bits per heavy atom. The fraction of sp³-hybridized carbons (Fsp3) is 0.632. The van der Waals surface area contributed by atoms with Crippen molar-refractivity contribution in [3.63, 3.8) is 0 Å². The summed E-state index contributed by atoms with van der Waals surface area (Å²) < 4.78 is 11.4. The first-order valence-electron chi connectivity index (χ1n) is 9.20. The molecular weight excluding hydrogens is 304 g/mol. The van der Waals surface area contributed by atoms with Crippen molar-refractivity contribution in [2.75, 3.05) is 26.3 Å². The van der Waals surface area contributed by atoms with Crippen molar-refractivity contribution < 1.29 is 14.3 Å². The molecule has 1 fully saturated rings. The van der Waals surface area contributed by atoms with Crippen LogP contribution in [0.4, 0.5) is 0 Å². The molecule has 0 radical (unpaired) electrons. The monoisotopic (exact) mass is 332 g/mol. The lowest BCUT2D eigenvalue weighted by molar-refractivity contribution is -0.121. The van der Waals surface area contributed by atoms with Gasteiger partial charge in [-0.1, -0.05) is 6.07 Å². The molecule has 1 amide bonds. The molecule has 0 bridgehead atoms. The summed E-state index contributed by atoms with van der Waals surface area (Å²) in [6, 6.07) is 6.44. The molecule has 5 heteroatoms. The predicted octanol–water partition coefficient (Wildman–Crippen LogP) is 2.43. The summed E-state index contributed by atoms with van der Waals surface area (Å²) in [6.07, 6.45) is 6.50. The highest BCUT2D eigenvalue weighted by Crippen LogP contribution is 2.30. The second kappa shape index (κ2) is 8.92. The van der Waals surface area contributed by atoms with Gasteiger partial charge in [0, 0.05) is 18.9 Å². The summed E-state index contributed by atoms with van der Waals surface area (Å²) in [4.78, 5) is 12.1. The number of ether oxygens (including phenoxy) is 2. The number of rotatable bonds is 5. The molecular formula is C19H28N2O3. The molecule has 0 spiro atoms. The molecule has 132 valence electrons. The maximum Gasteiger partial charge on any atom is 0.220 e. The van der Waals surface area contributed by atoms with Crippen molar-refractivity contribution >= 4 is 5.91 Å². The van der Waals surface area contributed by atoms with E-state index >= 15 is 0 Å². The minimum Gasteiger partial charge on any atom is -0.490 e. The fourth-order valence-corrected chi connectivity index (χ4v) is 3.28. The molecule has 2 aliphatic rings. The third-order valence-electron chi connectivity index (χ3n) is 4.62.